The van der Waals surface area contributed by atoms with Gasteiger partial charge in [-0.25, -0.2) is 8.42 Å². The Bertz CT molecular complexity index is 476. The van der Waals surface area contributed by atoms with Crippen LogP contribution >= 0.6 is 0 Å². The standard InChI is InChI=1S/C13H20N2O2S/c14-12-6-8-13(9-7-12)15-18(16,17)10-11-4-2-1-3-5-11/h6-9,11,15H,1-5,10,14H2. The van der Waals surface area contributed by atoms with E-state index in [-0.39, 0.29) is 5.75 Å². The van der Waals surface area contributed by atoms with Crippen LogP contribution in [0, 0.1) is 5.92 Å². The van der Waals surface area contributed by atoms with E-state index < -0.39 is 10.0 Å². The van der Waals surface area contributed by atoms with Gasteiger partial charge in [-0.1, -0.05) is 19.3 Å². The minimum absolute atomic E-state index is 0.234. The highest BCUT2D eigenvalue weighted by Crippen LogP contribution is 2.25. The molecule has 5 heteroatoms. The maximum absolute atomic E-state index is 12.0. The molecule has 0 atom stereocenters. The Labute approximate surface area is 109 Å². The molecule has 0 aromatic heterocycles. The highest BCUT2D eigenvalue weighted by Gasteiger charge is 2.21. The lowest BCUT2D eigenvalue weighted by Crippen LogP contribution is -2.24. The zero-order valence-corrected chi connectivity index (χ0v) is 11.2. The number of rotatable bonds is 4. The number of sulfonamides is 1. The number of hydrogen-bond donors (Lipinski definition) is 2. The van der Waals surface area contributed by atoms with Gasteiger partial charge in [0.05, 0.1) is 5.75 Å². The molecule has 1 fully saturated rings. The number of nitrogens with two attached hydrogens (primary N) is 1. The van der Waals surface area contributed by atoms with E-state index in [2.05, 4.69) is 4.72 Å². The summed E-state index contributed by atoms with van der Waals surface area (Å²) in [4.78, 5) is 0. The summed E-state index contributed by atoms with van der Waals surface area (Å²) in [5.41, 5.74) is 6.78. The minimum atomic E-state index is -3.24. The number of hydrogen-bond acceptors (Lipinski definition) is 3. The van der Waals surface area contributed by atoms with E-state index in [4.69, 9.17) is 5.73 Å². The molecule has 1 aliphatic carbocycles. The van der Waals surface area contributed by atoms with Gasteiger partial charge >= 0.3 is 0 Å². The molecule has 0 radical (unpaired) electrons. The third kappa shape index (κ3) is 3.91. The van der Waals surface area contributed by atoms with E-state index in [0.29, 0.717) is 17.3 Å². The SMILES string of the molecule is Nc1ccc(NS(=O)(=O)CC2CCCCC2)cc1. The van der Waals surface area contributed by atoms with Crippen molar-refractivity contribution in [2.24, 2.45) is 5.92 Å². The van der Waals surface area contributed by atoms with Gasteiger partial charge in [-0.05, 0) is 43.0 Å². The van der Waals surface area contributed by atoms with E-state index in [1.165, 1.54) is 6.42 Å². The Morgan fingerprint density at radius 1 is 1.11 bits per heavy atom. The minimum Gasteiger partial charge on any atom is -0.399 e. The van der Waals surface area contributed by atoms with Gasteiger partial charge in [-0.15, -0.1) is 0 Å². The maximum Gasteiger partial charge on any atom is 0.232 e. The summed E-state index contributed by atoms with van der Waals surface area (Å²) in [5.74, 6) is 0.544. The summed E-state index contributed by atoms with van der Waals surface area (Å²) in [7, 11) is -3.24. The van der Waals surface area contributed by atoms with Crippen LogP contribution in [0.1, 0.15) is 32.1 Å². The molecule has 100 valence electrons. The molecule has 0 bridgehead atoms. The smallest absolute Gasteiger partial charge is 0.232 e. The second kappa shape index (κ2) is 5.61. The molecule has 1 aromatic rings. The van der Waals surface area contributed by atoms with Crippen LogP contribution in [0.5, 0.6) is 0 Å². The first-order valence-electron chi connectivity index (χ1n) is 6.41. The van der Waals surface area contributed by atoms with Crippen LogP contribution in [0.25, 0.3) is 0 Å². The molecule has 0 saturated heterocycles. The predicted octanol–water partition coefficient (Wildman–Crippen LogP) is 2.59. The molecule has 0 amide bonds. The highest BCUT2D eigenvalue weighted by molar-refractivity contribution is 7.92. The summed E-state index contributed by atoms with van der Waals surface area (Å²) in [6.45, 7) is 0. The van der Waals surface area contributed by atoms with Crippen molar-refractivity contribution in [3.05, 3.63) is 24.3 Å². The number of benzene rings is 1. The molecule has 2 rings (SSSR count). The Kier molecular flexibility index (Phi) is 4.11. The lowest BCUT2D eigenvalue weighted by Gasteiger charge is -2.21. The number of nitrogen functional groups attached to an aromatic ring is 1. The summed E-state index contributed by atoms with van der Waals surface area (Å²) < 4.78 is 26.6. The summed E-state index contributed by atoms with van der Waals surface area (Å²) >= 11 is 0. The zero-order valence-electron chi connectivity index (χ0n) is 10.4. The van der Waals surface area contributed by atoms with Crippen LogP contribution in [-0.2, 0) is 10.0 Å². The largest absolute Gasteiger partial charge is 0.399 e. The van der Waals surface area contributed by atoms with Crippen molar-refractivity contribution < 1.29 is 8.42 Å². The van der Waals surface area contributed by atoms with Gasteiger partial charge in [0.2, 0.25) is 10.0 Å². The molecular weight excluding hydrogens is 248 g/mol. The lowest BCUT2D eigenvalue weighted by molar-refractivity contribution is 0.385. The summed E-state index contributed by atoms with van der Waals surface area (Å²) in [6, 6.07) is 6.76. The van der Waals surface area contributed by atoms with Crippen LogP contribution < -0.4 is 10.5 Å². The van der Waals surface area contributed by atoms with Gasteiger partial charge in [-0.2, -0.15) is 0 Å². The van der Waals surface area contributed by atoms with E-state index in [1.54, 1.807) is 24.3 Å². The van der Waals surface area contributed by atoms with Crippen LogP contribution in [0.15, 0.2) is 24.3 Å². The van der Waals surface area contributed by atoms with Gasteiger partial charge in [0, 0.05) is 11.4 Å². The third-order valence-electron chi connectivity index (χ3n) is 3.36. The Morgan fingerprint density at radius 2 is 1.72 bits per heavy atom. The van der Waals surface area contributed by atoms with Crippen LogP contribution in [0.2, 0.25) is 0 Å². The lowest BCUT2D eigenvalue weighted by atomic mass is 9.91. The first-order valence-corrected chi connectivity index (χ1v) is 8.06. The molecule has 4 nitrogen and oxygen atoms in total. The van der Waals surface area contributed by atoms with Crippen molar-refractivity contribution in [2.45, 2.75) is 32.1 Å². The predicted molar refractivity (Wildman–Crippen MR) is 74.8 cm³/mol. The van der Waals surface area contributed by atoms with E-state index in [9.17, 15) is 8.42 Å². The van der Waals surface area contributed by atoms with Crippen molar-refractivity contribution in [3.8, 4) is 0 Å². The van der Waals surface area contributed by atoms with Crippen molar-refractivity contribution in [2.75, 3.05) is 16.2 Å². The Hall–Kier alpha value is -1.23. The fourth-order valence-electron chi connectivity index (χ4n) is 2.44. The van der Waals surface area contributed by atoms with Gasteiger partial charge in [0.15, 0.2) is 0 Å². The van der Waals surface area contributed by atoms with Gasteiger partial charge < -0.3 is 5.73 Å². The maximum atomic E-state index is 12.0. The molecule has 18 heavy (non-hydrogen) atoms. The van der Waals surface area contributed by atoms with Gasteiger partial charge in [0.25, 0.3) is 0 Å². The third-order valence-corrected chi connectivity index (χ3v) is 4.82. The molecule has 0 heterocycles. The molecule has 1 aromatic carbocycles. The fraction of sp³-hybridized carbons (Fsp3) is 0.538. The van der Waals surface area contributed by atoms with Gasteiger partial charge in [0.1, 0.15) is 0 Å². The van der Waals surface area contributed by atoms with Crippen molar-refractivity contribution in [1.82, 2.24) is 0 Å². The van der Waals surface area contributed by atoms with Crippen LogP contribution in [0.3, 0.4) is 0 Å². The summed E-state index contributed by atoms with van der Waals surface area (Å²) in [5, 5.41) is 0. The average Bonchev–Trinajstić information content (AvgIpc) is 2.32. The van der Waals surface area contributed by atoms with Crippen molar-refractivity contribution in [1.29, 1.82) is 0 Å². The van der Waals surface area contributed by atoms with E-state index in [0.717, 1.165) is 25.7 Å². The van der Waals surface area contributed by atoms with E-state index in [1.807, 2.05) is 0 Å². The van der Waals surface area contributed by atoms with Gasteiger partial charge in [-0.3, -0.25) is 4.72 Å². The second-order valence-corrected chi connectivity index (χ2v) is 6.78. The zero-order chi connectivity index (χ0) is 13.0. The molecule has 0 spiro atoms. The molecule has 1 saturated carbocycles. The first-order chi connectivity index (χ1) is 8.55. The molecule has 1 aliphatic rings. The fourth-order valence-corrected chi connectivity index (χ4v) is 3.97. The molecule has 3 N–H and O–H groups in total. The number of anilines is 2. The van der Waals surface area contributed by atoms with Crippen molar-refractivity contribution >= 4 is 21.4 Å². The Balaban J connectivity index is 1.96. The highest BCUT2D eigenvalue weighted by atomic mass is 32.2. The van der Waals surface area contributed by atoms with Crippen molar-refractivity contribution in [3.63, 3.8) is 0 Å². The molecule has 0 unspecified atom stereocenters. The van der Waals surface area contributed by atoms with Crippen LogP contribution in [-0.4, -0.2) is 14.2 Å². The molecular formula is C13H20N2O2S. The molecule has 0 aliphatic heterocycles. The average molecular weight is 268 g/mol. The quantitative estimate of drug-likeness (QED) is 0.824. The normalized spacial score (nSPS) is 17.6. The van der Waals surface area contributed by atoms with Crippen LogP contribution in [0.4, 0.5) is 11.4 Å². The summed E-state index contributed by atoms with van der Waals surface area (Å²) in [6.07, 6.45) is 5.61. The monoisotopic (exact) mass is 268 g/mol. The first kappa shape index (κ1) is 13.2. The number of nitrogens with one attached hydrogen (secondary N) is 1. The van der Waals surface area contributed by atoms with E-state index >= 15 is 0 Å². The second-order valence-electron chi connectivity index (χ2n) is 5.01. The topological polar surface area (TPSA) is 72.2 Å². The Morgan fingerprint density at radius 3 is 2.33 bits per heavy atom.